The molecule has 0 spiro atoms. The topological polar surface area (TPSA) is 96.2 Å². The predicted octanol–water partition coefficient (Wildman–Crippen LogP) is 2.23. The van der Waals surface area contributed by atoms with E-state index < -0.39 is 5.91 Å². The van der Waals surface area contributed by atoms with Gasteiger partial charge in [0.25, 0.3) is 5.91 Å². The van der Waals surface area contributed by atoms with Crippen molar-refractivity contribution in [1.29, 1.82) is 0 Å². The van der Waals surface area contributed by atoms with Crippen molar-refractivity contribution in [2.24, 2.45) is 0 Å². The van der Waals surface area contributed by atoms with Gasteiger partial charge in [0.15, 0.2) is 5.82 Å². The fourth-order valence-electron chi connectivity index (χ4n) is 2.62. The minimum absolute atomic E-state index is 0.217. The third-order valence-electron chi connectivity index (χ3n) is 4.05. The van der Waals surface area contributed by atoms with Crippen molar-refractivity contribution in [1.82, 2.24) is 30.6 Å². The number of amides is 1. The lowest BCUT2D eigenvalue weighted by molar-refractivity contribution is -0.124. The van der Waals surface area contributed by atoms with Crippen LogP contribution in [0.25, 0.3) is 6.08 Å². The smallest absolute Gasteiger partial charge is 0.267 e. The zero-order chi connectivity index (χ0) is 19.6. The second-order valence-corrected chi connectivity index (χ2v) is 6.70. The third-order valence-corrected chi connectivity index (χ3v) is 4.05. The van der Waals surface area contributed by atoms with Gasteiger partial charge in [-0.1, -0.05) is 31.2 Å². The molecule has 2 aromatic rings. The number of hydrogen-bond acceptors (Lipinski definition) is 6. The first kappa shape index (κ1) is 20.7. The standard InChI is InChI=1S/C19H28N6O2/c1-4-12-24(13-11-18-20-23-25(21-18)15(2)3)14-17-7-5-16(6-8-17)9-10-19(26)22-27/h5-10,15,27H,4,11-14H2,1-3H3,(H,22,26)/b10-9+. The van der Waals surface area contributed by atoms with Crippen LogP contribution < -0.4 is 5.48 Å². The van der Waals surface area contributed by atoms with Crippen LogP contribution in [-0.4, -0.2) is 49.3 Å². The van der Waals surface area contributed by atoms with Crippen LogP contribution in [0.15, 0.2) is 30.3 Å². The number of aromatic nitrogens is 4. The molecule has 8 nitrogen and oxygen atoms in total. The summed E-state index contributed by atoms with van der Waals surface area (Å²) in [6.07, 6.45) is 4.78. The predicted molar refractivity (Wildman–Crippen MR) is 103 cm³/mol. The number of hydroxylamine groups is 1. The first-order valence-electron chi connectivity index (χ1n) is 9.23. The van der Waals surface area contributed by atoms with Crippen LogP contribution in [0.4, 0.5) is 0 Å². The Morgan fingerprint density at radius 1 is 1.30 bits per heavy atom. The number of nitrogens with zero attached hydrogens (tertiary/aromatic N) is 5. The fraction of sp³-hybridized carbons (Fsp3) is 0.474. The molecular formula is C19H28N6O2. The molecule has 0 unspecified atom stereocenters. The van der Waals surface area contributed by atoms with E-state index in [1.807, 2.05) is 38.1 Å². The van der Waals surface area contributed by atoms with Crippen molar-refractivity contribution < 1.29 is 10.0 Å². The van der Waals surface area contributed by atoms with Gasteiger partial charge in [-0.25, -0.2) is 5.48 Å². The SMILES string of the molecule is CCCN(CCc1nnn(C(C)C)n1)Cc1ccc(/C=C/C(=O)NO)cc1. The molecule has 0 aliphatic carbocycles. The summed E-state index contributed by atoms with van der Waals surface area (Å²) in [6, 6.07) is 8.22. The monoisotopic (exact) mass is 372 g/mol. The van der Waals surface area contributed by atoms with Crippen molar-refractivity contribution in [3.8, 4) is 0 Å². The number of carbonyl (C=O) groups excluding carboxylic acids is 1. The molecule has 1 heterocycles. The van der Waals surface area contributed by atoms with E-state index in [0.29, 0.717) is 0 Å². The Hall–Kier alpha value is -2.58. The highest BCUT2D eigenvalue weighted by molar-refractivity contribution is 5.90. The van der Waals surface area contributed by atoms with Crippen LogP contribution >= 0.6 is 0 Å². The number of hydrogen-bond donors (Lipinski definition) is 2. The molecule has 0 atom stereocenters. The lowest BCUT2D eigenvalue weighted by Gasteiger charge is -2.21. The summed E-state index contributed by atoms with van der Waals surface area (Å²) < 4.78 is 0. The fourth-order valence-corrected chi connectivity index (χ4v) is 2.62. The molecule has 0 saturated heterocycles. The lowest BCUT2D eigenvalue weighted by atomic mass is 10.1. The van der Waals surface area contributed by atoms with Crippen molar-refractivity contribution in [3.05, 3.63) is 47.3 Å². The normalized spacial score (nSPS) is 11.6. The maximum atomic E-state index is 11.0. The zero-order valence-corrected chi connectivity index (χ0v) is 16.2. The van der Waals surface area contributed by atoms with Gasteiger partial charge in [0.2, 0.25) is 0 Å². The van der Waals surface area contributed by atoms with Crippen LogP contribution in [0.1, 0.15) is 50.2 Å². The van der Waals surface area contributed by atoms with Gasteiger partial charge >= 0.3 is 0 Å². The first-order valence-corrected chi connectivity index (χ1v) is 9.23. The summed E-state index contributed by atoms with van der Waals surface area (Å²) in [5.41, 5.74) is 3.68. The molecule has 0 aliphatic rings. The number of carbonyl (C=O) groups is 1. The number of rotatable bonds is 10. The molecule has 27 heavy (non-hydrogen) atoms. The molecule has 1 aromatic heterocycles. The largest absolute Gasteiger partial charge is 0.299 e. The van der Waals surface area contributed by atoms with Gasteiger partial charge in [-0.05, 0) is 49.2 Å². The second kappa shape index (κ2) is 10.5. The van der Waals surface area contributed by atoms with Gasteiger partial charge in [-0.3, -0.25) is 14.9 Å². The van der Waals surface area contributed by atoms with E-state index in [0.717, 1.165) is 43.9 Å². The molecule has 0 saturated carbocycles. The number of benzene rings is 1. The van der Waals surface area contributed by atoms with Gasteiger partial charge in [0.1, 0.15) is 0 Å². The van der Waals surface area contributed by atoms with Crippen LogP contribution in [0, 0.1) is 0 Å². The summed E-state index contributed by atoms with van der Waals surface area (Å²) in [7, 11) is 0. The van der Waals surface area contributed by atoms with Crippen LogP contribution in [0.2, 0.25) is 0 Å². The van der Waals surface area contributed by atoms with E-state index in [4.69, 9.17) is 5.21 Å². The van der Waals surface area contributed by atoms with Crippen LogP contribution in [-0.2, 0) is 17.8 Å². The van der Waals surface area contributed by atoms with Gasteiger partial charge in [-0.2, -0.15) is 4.80 Å². The van der Waals surface area contributed by atoms with Crippen molar-refractivity contribution in [3.63, 3.8) is 0 Å². The zero-order valence-electron chi connectivity index (χ0n) is 16.2. The molecule has 0 fully saturated rings. The average Bonchev–Trinajstić information content (AvgIpc) is 3.15. The molecule has 1 amide bonds. The highest BCUT2D eigenvalue weighted by Crippen LogP contribution is 2.10. The Bertz CT molecular complexity index is 739. The number of tetrazole rings is 1. The molecule has 0 aliphatic heterocycles. The number of nitrogens with one attached hydrogen (secondary N) is 1. The molecular weight excluding hydrogens is 344 g/mol. The Balaban J connectivity index is 1.92. The van der Waals surface area contributed by atoms with Gasteiger partial charge in [0, 0.05) is 25.6 Å². The molecule has 0 radical (unpaired) electrons. The highest BCUT2D eigenvalue weighted by Gasteiger charge is 2.10. The summed E-state index contributed by atoms with van der Waals surface area (Å²) in [6.45, 7) is 8.94. The highest BCUT2D eigenvalue weighted by atomic mass is 16.5. The average molecular weight is 372 g/mol. The van der Waals surface area contributed by atoms with E-state index in [9.17, 15) is 4.79 Å². The van der Waals surface area contributed by atoms with Gasteiger partial charge < -0.3 is 0 Å². The minimum atomic E-state index is -0.545. The third kappa shape index (κ3) is 6.92. The molecule has 2 rings (SSSR count). The molecule has 2 N–H and O–H groups in total. The van der Waals surface area contributed by atoms with Crippen molar-refractivity contribution in [2.75, 3.05) is 13.1 Å². The van der Waals surface area contributed by atoms with Crippen molar-refractivity contribution in [2.45, 2.75) is 46.2 Å². The Morgan fingerprint density at radius 3 is 2.63 bits per heavy atom. The maximum Gasteiger partial charge on any atom is 0.267 e. The molecule has 0 bridgehead atoms. The van der Waals surface area contributed by atoms with E-state index in [-0.39, 0.29) is 6.04 Å². The summed E-state index contributed by atoms with van der Waals surface area (Å²) >= 11 is 0. The van der Waals surface area contributed by atoms with Crippen LogP contribution in [0.5, 0.6) is 0 Å². The second-order valence-electron chi connectivity index (χ2n) is 6.70. The first-order chi connectivity index (χ1) is 13.0. The minimum Gasteiger partial charge on any atom is -0.299 e. The van der Waals surface area contributed by atoms with E-state index in [1.165, 1.54) is 11.6 Å². The van der Waals surface area contributed by atoms with Crippen molar-refractivity contribution >= 4 is 12.0 Å². The lowest BCUT2D eigenvalue weighted by Crippen LogP contribution is -2.27. The van der Waals surface area contributed by atoms with Gasteiger partial charge in [-0.15, -0.1) is 10.2 Å². The molecule has 1 aromatic carbocycles. The summed E-state index contributed by atoms with van der Waals surface area (Å²) in [4.78, 5) is 15.0. The van der Waals surface area contributed by atoms with E-state index >= 15 is 0 Å². The Labute approximate surface area is 159 Å². The summed E-state index contributed by atoms with van der Waals surface area (Å²) in [5, 5.41) is 21.1. The van der Waals surface area contributed by atoms with E-state index in [1.54, 1.807) is 16.4 Å². The molecule has 8 heteroatoms. The van der Waals surface area contributed by atoms with E-state index in [2.05, 4.69) is 27.2 Å². The summed E-state index contributed by atoms with van der Waals surface area (Å²) in [5.74, 6) is 0.226. The maximum absolute atomic E-state index is 11.0. The quantitative estimate of drug-likeness (QED) is 0.377. The molecule has 146 valence electrons. The Kier molecular flexibility index (Phi) is 8.09. The Morgan fingerprint density at radius 2 is 2.04 bits per heavy atom. The van der Waals surface area contributed by atoms with Gasteiger partial charge in [0.05, 0.1) is 6.04 Å². The van der Waals surface area contributed by atoms with Crippen LogP contribution in [0.3, 0.4) is 0 Å².